The monoisotopic (exact) mass is 312 g/mol. The van der Waals surface area contributed by atoms with Gasteiger partial charge >= 0.3 is 5.97 Å². The predicted octanol–water partition coefficient (Wildman–Crippen LogP) is 4.63. The maximum absolute atomic E-state index is 11.1. The number of carbonyl (C=O) groups is 1. The maximum Gasteiger partial charge on any atom is 0.307 e. The first kappa shape index (κ1) is 16.2. The van der Waals surface area contributed by atoms with Gasteiger partial charge in [-0.3, -0.25) is 4.79 Å². The van der Waals surface area contributed by atoms with E-state index in [2.05, 4.69) is 15.9 Å². The fourth-order valence-electron chi connectivity index (χ4n) is 1.49. The molecule has 0 bridgehead atoms. The molecule has 16 heavy (non-hydrogen) atoms. The molecule has 96 valence electrons. The second-order valence-electron chi connectivity index (χ2n) is 3.95. The van der Waals surface area contributed by atoms with Crippen molar-refractivity contribution >= 4 is 33.5 Å². The highest BCUT2D eigenvalue weighted by atomic mass is 79.9. The summed E-state index contributed by atoms with van der Waals surface area (Å²) in [5, 5.41) is 1.11. The lowest BCUT2D eigenvalue weighted by molar-refractivity contribution is -0.144. The molecule has 4 heteroatoms. The van der Waals surface area contributed by atoms with Crippen molar-refractivity contribution in [2.24, 2.45) is 0 Å². The number of hydrogen-bond donors (Lipinski definition) is 0. The van der Waals surface area contributed by atoms with Crippen molar-refractivity contribution in [2.45, 2.75) is 63.9 Å². The number of esters is 1. The van der Waals surface area contributed by atoms with E-state index in [1.807, 2.05) is 0 Å². The van der Waals surface area contributed by atoms with Gasteiger partial charge in [-0.1, -0.05) is 59.6 Å². The summed E-state index contributed by atoms with van der Waals surface area (Å²) in [5.41, 5.74) is -0.503. The van der Waals surface area contributed by atoms with Gasteiger partial charge in [0.1, 0.15) is 0 Å². The average Bonchev–Trinajstić information content (AvgIpc) is 2.21. The molecule has 0 N–H and O–H groups in total. The van der Waals surface area contributed by atoms with E-state index in [-0.39, 0.29) is 5.97 Å². The van der Waals surface area contributed by atoms with Gasteiger partial charge in [-0.2, -0.15) is 0 Å². The van der Waals surface area contributed by atoms with Crippen LogP contribution in [0.4, 0.5) is 0 Å². The molecule has 1 atom stereocenters. The maximum atomic E-state index is 11.1. The zero-order valence-corrected chi connectivity index (χ0v) is 12.4. The van der Waals surface area contributed by atoms with Gasteiger partial charge in [-0.05, 0) is 19.8 Å². The molecule has 0 aromatic rings. The summed E-state index contributed by atoms with van der Waals surface area (Å²) < 4.78 is 4.83. The van der Waals surface area contributed by atoms with Crippen LogP contribution in [0.3, 0.4) is 0 Å². The van der Waals surface area contributed by atoms with Crippen LogP contribution in [0.5, 0.6) is 0 Å². The first-order valence-electron chi connectivity index (χ1n) is 6.06. The summed E-state index contributed by atoms with van der Waals surface area (Å²) in [6.07, 6.45) is 8.88. The Morgan fingerprint density at radius 3 is 2.12 bits per heavy atom. The topological polar surface area (TPSA) is 26.3 Å². The smallest absolute Gasteiger partial charge is 0.307 e. The van der Waals surface area contributed by atoms with Gasteiger partial charge in [0.05, 0.1) is 0 Å². The normalized spacial score (nSPS) is 12.4. The molecule has 0 aromatic heterocycles. The van der Waals surface area contributed by atoms with Gasteiger partial charge in [0, 0.05) is 11.8 Å². The Morgan fingerprint density at radius 2 is 1.62 bits per heavy atom. The zero-order chi connectivity index (χ0) is 12.2. The molecular formula is C12H22BrClO2. The lowest BCUT2D eigenvalue weighted by Gasteiger charge is -2.05. The molecule has 1 unspecified atom stereocenters. The van der Waals surface area contributed by atoms with Gasteiger partial charge < -0.3 is 4.74 Å². The van der Waals surface area contributed by atoms with Crippen LogP contribution in [0.25, 0.3) is 0 Å². The highest BCUT2D eigenvalue weighted by molar-refractivity contribution is 9.09. The van der Waals surface area contributed by atoms with E-state index in [9.17, 15) is 4.79 Å². The van der Waals surface area contributed by atoms with Crippen LogP contribution in [-0.2, 0) is 9.53 Å². The van der Waals surface area contributed by atoms with Crippen LogP contribution >= 0.6 is 27.5 Å². The summed E-state index contributed by atoms with van der Waals surface area (Å²) >= 11 is 8.95. The standard InChI is InChI=1S/C12H22BrClO2/c1-11(14)16-12(15)9-7-5-3-2-4-6-8-10-13/h11H,2-10H2,1H3. The highest BCUT2D eigenvalue weighted by Gasteiger charge is 2.05. The molecule has 0 fully saturated rings. The van der Waals surface area contributed by atoms with Gasteiger partial charge in [0.25, 0.3) is 0 Å². The van der Waals surface area contributed by atoms with E-state index >= 15 is 0 Å². The molecule has 0 saturated heterocycles. The molecule has 0 aliphatic carbocycles. The van der Waals surface area contributed by atoms with Crippen molar-refractivity contribution in [3.05, 3.63) is 0 Å². The Balaban J connectivity index is 3.11. The average molecular weight is 314 g/mol. The Morgan fingerprint density at radius 1 is 1.12 bits per heavy atom. The van der Waals surface area contributed by atoms with Crippen LogP contribution in [-0.4, -0.2) is 16.9 Å². The molecule has 0 aliphatic heterocycles. The summed E-state index contributed by atoms with van der Waals surface area (Å²) in [6.45, 7) is 1.66. The lowest BCUT2D eigenvalue weighted by atomic mass is 10.1. The van der Waals surface area contributed by atoms with E-state index in [1.165, 1.54) is 32.1 Å². The van der Waals surface area contributed by atoms with E-state index in [1.54, 1.807) is 6.92 Å². The fraction of sp³-hybridized carbons (Fsp3) is 0.917. The van der Waals surface area contributed by atoms with Crippen molar-refractivity contribution in [1.82, 2.24) is 0 Å². The summed E-state index contributed by atoms with van der Waals surface area (Å²) in [6, 6.07) is 0. The molecule has 2 nitrogen and oxygen atoms in total. The van der Waals surface area contributed by atoms with Crippen molar-refractivity contribution in [3.8, 4) is 0 Å². The number of unbranched alkanes of at least 4 members (excludes halogenated alkanes) is 6. The zero-order valence-electron chi connectivity index (χ0n) is 10.0. The molecule has 0 aromatic carbocycles. The highest BCUT2D eigenvalue weighted by Crippen LogP contribution is 2.10. The third-order valence-electron chi connectivity index (χ3n) is 2.31. The number of carbonyl (C=O) groups excluding carboxylic acids is 1. The Labute approximate surface area is 112 Å². The summed E-state index contributed by atoms with van der Waals surface area (Å²) in [7, 11) is 0. The molecule has 0 amide bonds. The van der Waals surface area contributed by atoms with Gasteiger partial charge in [0.2, 0.25) is 0 Å². The van der Waals surface area contributed by atoms with Crippen molar-refractivity contribution in [2.75, 3.05) is 5.33 Å². The van der Waals surface area contributed by atoms with E-state index in [0.29, 0.717) is 6.42 Å². The first-order chi connectivity index (χ1) is 7.66. The third kappa shape index (κ3) is 12.3. The second kappa shape index (κ2) is 11.7. The Hall–Kier alpha value is 0.240. The van der Waals surface area contributed by atoms with Crippen LogP contribution in [0.15, 0.2) is 0 Å². The number of halogens is 2. The van der Waals surface area contributed by atoms with Gasteiger partial charge in [0.15, 0.2) is 5.56 Å². The molecule has 0 spiro atoms. The van der Waals surface area contributed by atoms with Crippen LogP contribution in [0.1, 0.15) is 58.3 Å². The second-order valence-corrected chi connectivity index (χ2v) is 5.35. The van der Waals surface area contributed by atoms with Crippen molar-refractivity contribution < 1.29 is 9.53 Å². The number of rotatable bonds is 10. The predicted molar refractivity (Wildman–Crippen MR) is 72.1 cm³/mol. The minimum absolute atomic E-state index is 0.179. The van der Waals surface area contributed by atoms with Crippen molar-refractivity contribution in [1.29, 1.82) is 0 Å². The minimum atomic E-state index is -0.503. The fourth-order valence-corrected chi connectivity index (χ4v) is 1.98. The first-order valence-corrected chi connectivity index (χ1v) is 7.62. The van der Waals surface area contributed by atoms with Crippen LogP contribution in [0, 0.1) is 0 Å². The largest absolute Gasteiger partial charge is 0.446 e. The lowest BCUT2D eigenvalue weighted by Crippen LogP contribution is -2.08. The van der Waals surface area contributed by atoms with Crippen LogP contribution < -0.4 is 0 Å². The van der Waals surface area contributed by atoms with E-state index in [0.717, 1.165) is 18.2 Å². The molecule has 0 saturated carbocycles. The third-order valence-corrected chi connectivity index (χ3v) is 2.96. The summed E-state index contributed by atoms with van der Waals surface area (Å²) in [4.78, 5) is 11.1. The minimum Gasteiger partial charge on any atom is -0.446 e. The molecular weight excluding hydrogens is 291 g/mol. The molecule has 0 aliphatic rings. The molecule has 0 heterocycles. The number of alkyl halides is 2. The number of ether oxygens (including phenoxy) is 1. The number of hydrogen-bond acceptors (Lipinski definition) is 2. The Kier molecular flexibility index (Phi) is 11.9. The van der Waals surface area contributed by atoms with E-state index < -0.39 is 5.56 Å². The van der Waals surface area contributed by atoms with Crippen molar-refractivity contribution in [3.63, 3.8) is 0 Å². The van der Waals surface area contributed by atoms with Gasteiger partial charge in [-0.15, -0.1) is 0 Å². The SMILES string of the molecule is CC(Cl)OC(=O)CCCCCCCCCBr. The molecule has 0 rings (SSSR count). The van der Waals surface area contributed by atoms with Gasteiger partial charge in [-0.25, -0.2) is 0 Å². The molecule has 0 radical (unpaired) electrons. The Bertz CT molecular complexity index is 174. The summed E-state index contributed by atoms with van der Waals surface area (Å²) in [5.74, 6) is -0.179. The van der Waals surface area contributed by atoms with E-state index in [4.69, 9.17) is 16.3 Å². The van der Waals surface area contributed by atoms with Crippen LogP contribution in [0.2, 0.25) is 0 Å². The quantitative estimate of drug-likeness (QED) is 0.334.